The predicted molar refractivity (Wildman–Crippen MR) is 129 cm³/mol. The standard InChI is InChI=1S/C24H36N4O5S/c1-26(20-7-3-2-4-8-20)34(30,31)28-15-13-27(14-16-28)18-23(29)25-19-9-10-21-22(17-19)33-24(32-21)11-5-6-12-24/h9-10,17,20H,2-8,11-16,18H2,1H3,(H,25,29). The van der Waals surface area contributed by atoms with Crippen LogP contribution in [0, 0.1) is 0 Å². The summed E-state index contributed by atoms with van der Waals surface area (Å²) in [5, 5.41) is 2.94. The van der Waals surface area contributed by atoms with Crippen LogP contribution in [-0.2, 0) is 15.0 Å². The molecule has 188 valence electrons. The van der Waals surface area contributed by atoms with Crippen molar-refractivity contribution in [2.24, 2.45) is 0 Å². The molecule has 1 saturated heterocycles. The van der Waals surface area contributed by atoms with E-state index in [1.807, 2.05) is 23.1 Å². The van der Waals surface area contributed by atoms with E-state index in [0.717, 1.165) is 57.1 Å². The van der Waals surface area contributed by atoms with Crippen molar-refractivity contribution in [1.82, 2.24) is 13.5 Å². The molecule has 2 aliphatic heterocycles. The lowest BCUT2D eigenvalue weighted by Crippen LogP contribution is -2.55. The van der Waals surface area contributed by atoms with Crippen LogP contribution in [0.25, 0.3) is 0 Å². The number of carbonyl (C=O) groups excluding carboxylic acids is 1. The van der Waals surface area contributed by atoms with E-state index in [9.17, 15) is 13.2 Å². The monoisotopic (exact) mass is 492 g/mol. The van der Waals surface area contributed by atoms with Crippen molar-refractivity contribution in [2.45, 2.75) is 69.6 Å². The molecule has 0 atom stereocenters. The predicted octanol–water partition coefficient (Wildman–Crippen LogP) is 2.79. The van der Waals surface area contributed by atoms with Crippen LogP contribution < -0.4 is 14.8 Å². The molecule has 0 radical (unpaired) electrons. The smallest absolute Gasteiger partial charge is 0.282 e. The van der Waals surface area contributed by atoms with Gasteiger partial charge in [0.2, 0.25) is 5.91 Å². The second-order valence-corrected chi connectivity index (χ2v) is 12.0. The summed E-state index contributed by atoms with van der Waals surface area (Å²) < 4.78 is 41.4. The third kappa shape index (κ3) is 4.91. The molecule has 5 rings (SSSR count). The molecule has 34 heavy (non-hydrogen) atoms. The van der Waals surface area contributed by atoms with Gasteiger partial charge in [0.25, 0.3) is 16.0 Å². The Morgan fingerprint density at radius 1 is 1.03 bits per heavy atom. The zero-order valence-electron chi connectivity index (χ0n) is 20.0. The molecule has 1 aromatic rings. The third-order valence-electron chi connectivity index (χ3n) is 7.66. The fourth-order valence-corrected chi connectivity index (χ4v) is 7.20. The van der Waals surface area contributed by atoms with Crippen LogP contribution in [0.4, 0.5) is 5.69 Å². The van der Waals surface area contributed by atoms with Crippen LogP contribution in [0.15, 0.2) is 18.2 Å². The highest BCUT2D eigenvalue weighted by molar-refractivity contribution is 7.86. The van der Waals surface area contributed by atoms with Crippen molar-refractivity contribution in [1.29, 1.82) is 0 Å². The molecule has 9 nitrogen and oxygen atoms in total. The van der Waals surface area contributed by atoms with Gasteiger partial charge in [0, 0.05) is 63.9 Å². The molecule has 0 aromatic heterocycles. The normalized spacial score (nSPS) is 23.6. The van der Waals surface area contributed by atoms with E-state index in [1.165, 1.54) is 6.42 Å². The maximum absolute atomic E-state index is 13.1. The Kier molecular flexibility index (Phi) is 6.76. The van der Waals surface area contributed by atoms with E-state index < -0.39 is 16.0 Å². The number of ether oxygens (including phenoxy) is 2. The molecule has 4 aliphatic rings. The number of piperazine rings is 1. The minimum absolute atomic E-state index is 0.104. The molecule has 10 heteroatoms. The summed E-state index contributed by atoms with van der Waals surface area (Å²) in [5.74, 6) is 0.775. The van der Waals surface area contributed by atoms with Crippen molar-refractivity contribution in [2.75, 3.05) is 45.1 Å². The fourth-order valence-electron chi connectivity index (χ4n) is 5.63. The van der Waals surface area contributed by atoms with E-state index in [1.54, 1.807) is 15.7 Å². The minimum Gasteiger partial charge on any atom is -0.448 e. The number of hydrogen-bond acceptors (Lipinski definition) is 6. The van der Waals surface area contributed by atoms with Gasteiger partial charge in [-0.05, 0) is 37.8 Å². The first-order valence-corrected chi connectivity index (χ1v) is 14.0. The van der Waals surface area contributed by atoms with Gasteiger partial charge < -0.3 is 14.8 Å². The van der Waals surface area contributed by atoms with Crippen molar-refractivity contribution >= 4 is 21.8 Å². The molecule has 3 fully saturated rings. The molecule has 2 heterocycles. The molecule has 2 saturated carbocycles. The number of benzene rings is 1. The molecule has 2 aliphatic carbocycles. The highest BCUT2D eigenvalue weighted by Gasteiger charge is 2.44. The molecular formula is C24H36N4O5S. The average molecular weight is 493 g/mol. The van der Waals surface area contributed by atoms with Crippen LogP contribution in [-0.4, -0.2) is 79.4 Å². The van der Waals surface area contributed by atoms with E-state index in [-0.39, 0.29) is 18.5 Å². The van der Waals surface area contributed by atoms with Gasteiger partial charge in [-0.15, -0.1) is 0 Å². The Morgan fingerprint density at radius 2 is 1.71 bits per heavy atom. The first-order chi connectivity index (χ1) is 16.3. The quantitative estimate of drug-likeness (QED) is 0.657. The van der Waals surface area contributed by atoms with Crippen molar-refractivity contribution in [3.05, 3.63) is 18.2 Å². The molecule has 0 unspecified atom stereocenters. The maximum atomic E-state index is 13.1. The molecule has 0 bridgehead atoms. The fraction of sp³-hybridized carbons (Fsp3) is 0.708. The lowest BCUT2D eigenvalue weighted by Gasteiger charge is -2.38. The van der Waals surface area contributed by atoms with Crippen molar-refractivity contribution < 1.29 is 22.7 Å². The van der Waals surface area contributed by atoms with Crippen LogP contribution in [0.5, 0.6) is 11.5 Å². The van der Waals surface area contributed by atoms with E-state index >= 15 is 0 Å². The Morgan fingerprint density at radius 3 is 2.41 bits per heavy atom. The van der Waals surface area contributed by atoms with Gasteiger partial charge in [-0.25, -0.2) is 0 Å². The lowest BCUT2D eigenvalue weighted by molar-refractivity contribution is -0.117. The van der Waals surface area contributed by atoms with Gasteiger partial charge in [-0.1, -0.05) is 19.3 Å². The third-order valence-corrected chi connectivity index (χ3v) is 9.71. The summed E-state index contributed by atoms with van der Waals surface area (Å²) >= 11 is 0. The zero-order chi connectivity index (χ0) is 23.8. The molecule has 1 amide bonds. The molecular weight excluding hydrogens is 456 g/mol. The molecule has 1 spiro atoms. The molecule has 1 N–H and O–H groups in total. The maximum Gasteiger partial charge on any atom is 0.282 e. The zero-order valence-corrected chi connectivity index (χ0v) is 20.8. The van der Waals surface area contributed by atoms with Gasteiger partial charge in [0.05, 0.1) is 6.54 Å². The topological polar surface area (TPSA) is 91.4 Å². The van der Waals surface area contributed by atoms with E-state index in [0.29, 0.717) is 37.6 Å². The summed E-state index contributed by atoms with van der Waals surface area (Å²) in [5.41, 5.74) is 0.678. The summed E-state index contributed by atoms with van der Waals surface area (Å²) in [4.78, 5) is 14.7. The Labute approximate surface area is 202 Å². The van der Waals surface area contributed by atoms with Gasteiger partial charge in [-0.3, -0.25) is 9.69 Å². The number of carbonyl (C=O) groups is 1. The van der Waals surface area contributed by atoms with Gasteiger partial charge >= 0.3 is 0 Å². The molecule has 1 aromatic carbocycles. The van der Waals surface area contributed by atoms with Crippen LogP contribution in [0.3, 0.4) is 0 Å². The highest BCUT2D eigenvalue weighted by atomic mass is 32.2. The number of amides is 1. The summed E-state index contributed by atoms with van der Waals surface area (Å²) in [6, 6.07) is 5.61. The lowest BCUT2D eigenvalue weighted by atomic mass is 9.96. The second kappa shape index (κ2) is 9.64. The summed E-state index contributed by atoms with van der Waals surface area (Å²) in [6.07, 6.45) is 9.25. The highest BCUT2D eigenvalue weighted by Crippen LogP contribution is 2.47. The number of hydrogen-bond donors (Lipinski definition) is 1. The van der Waals surface area contributed by atoms with Crippen molar-refractivity contribution in [3.8, 4) is 11.5 Å². The van der Waals surface area contributed by atoms with E-state index in [2.05, 4.69) is 5.32 Å². The van der Waals surface area contributed by atoms with Crippen molar-refractivity contribution in [3.63, 3.8) is 0 Å². The number of rotatable bonds is 6. The van der Waals surface area contributed by atoms with Gasteiger partial charge in [-0.2, -0.15) is 17.0 Å². The van der Waals surface area contributed by atoms with Gasteiger partial charge in [0.15, 0.2) is 11.5 Å². The first kappa shape index (κ1) is 23.8. The largest absolute Gasteiger partial charge is 0.448 e. The van der Waals surface area contributed by atoms with Crippen LogP contribution in [0.1, 0.15) is 57.8 Å². The van der Waals surface area contributed by atoms with E-state index in [4.69, 9.17) is 9.47 Å². The number of anilines is 1. The van der Waals surface area contributed by atoms with Gasteiger partial charge in [0.1, 0.15) is 0 Å². The second-order valence-electron chi connectivity index (χ2n) is 10.0. The number of fused-ring (bicyclic) bond motifs is 1. The SMILES string of the molecule is CN(C1CCCCC1)S(=O)(=O)N1CCN(CC(=O)Nc2ccc3c(c2)OC2(CCCC2)O3)CC1. The van der Waals surface area contributed by atoms with Crippen LogP contribution >= 0.6 is 0 Å². The Bertz CT molecular complexity index is 997. The summed E-state index contributed by atoms with van der Waals surface area (Å²) in [7, 11) is -1.75. The Hall–Kier alpha value is -1.88. The summed E-state index contributed by atoms with van der Waals surface area (Å²) in [6.45, 7) is 2.10. The average Bonchev–Trinajstić information content (AvgIpc) is 3.44. The number of nitrogens with zero attached hydrogens (tertiary/aromatic N) is 3. The minimum atomic E-state index is -3.46. The first-order valence-electron chi connectivity index (χ1n) is 12.6. The Balaban J connectivity index is 1.11. The number of nitrogens with one attached hydrogen (secondary N) is 1. The van der Waals surface area contributed by atoms with Crippen LogP contribution in [0.2, 0.25) is 0 Å².